The van der Waals surface area contributed by atoms with Crippen molar-refractivity contribution in [1.29, 1.82) is 0 Å². The van der Waals surface area contributed by atoms with E-state index in [1.807, 2.05) is 6.92 Å². The van der Waals surface area contributed by atoms with E-state index in [0.717, 1.165) is 0 Å². The van der Waals surface area contributed by atoms with Gasteiger partial charge in [-0.05, 0) is 19.9 Å². The lowest BCUT2D eigenvalue weighted by molar-refractivity contribution is 0.0659. The highest BCUT2D eigenvalue weighted by molar-refractivity contribution is 5.86. The van der Waals surface area contributed by atoms with Gasteiger partial charge in [0, 0.05) is 18.0 Å². The molecule has 1 aromatic heterocycles. The van der Waals surface area contributed by atoms with Gasteiger partial charge < -0.3 is 14.8 Å². The van der Waals surface area contributed by atoms with Crippen LogP contribution in [0.1, 0.15) is 35.2 Å². The molecule has 4 nitrogen and oxygen atoms in total. The number of carbonyl (C=O) groups is 1. The van der Waals surface area contributed by atoms with Crippen LogP contribution in [0, 0.1) is 19.3 Å². The minimum absolute atomic E-state index is 0.00130. The largest absolute Gasteiger partial charge is 0.475 e. The molecule has 0 aliphatic heterocycles. The SMILES string of the molecule is C#CCC(C)NCc1cc(C)c(C(=O)O)o1. The minimum atomic E-state index is -1.04. The molecule has 0 radical (unpaired) electrons. The summed E-state index contributed by atoms with van der Waals surface area (Å²) in [6, 6.07) is 1.91. The van der Waals surface area contributed by atoms with E-state index in [2.05, 4.69) is 11.2 Å². The average Bonchev–Trinajstić information content (AvgIpc) is 2.57. The summed E-state index contributed by atoms with van der Waals surface area (Å²) in [4.78, 5) is 10.7. The zero-order chi connectivity index (χ0) is 12.1. The molecule has 4 heteroatoms. The summed E-state index contributed by atoms with van der Waals surface area (Å²) in [7, 11) is 0. The maximum Gasteiger partial charge on any atom is 0.372 e. The van der Waals surface area contributed by atoms with Gasteiger partial charge in [0.15, 0.2) is 0 Å². The van der Waals surface area contributed by atoms with Crippen LogP contribution in [0.25, 0.3) is 0 Å². The Hall–Kier alpha value is -1.73. The maximum atomic E-state index is 10.7. The first-order valence-corrected chi connectivity index (χ1v) is 5.04. The van der Waals surface area contributed by atoms with Gasteiger partial charge in [-0.2, -0.15) is 0 Å². The number of rotatable bonds is 5. The third-order valence-electron chi connectivity index (χ3n) is 2.21. The molecule has 1 heterocycles. The van der Waals surface area contributed by atoms with E-state index in [1.165, 1.54) is 0 Å². The van der Waals surface area contributed by atoms with Gasteiger partial charge in [-0.1, -0.05) is 0 Å². The van der Waals surface area contributed by atoms with Crippen LogP contribution in [0.5, 0.6) is 0 Å². The number of nitrogens with one attached hydrogen (secondary N) is 1. The van der Waals surface area contributed by atoms with E-state index in [9.17, 15) is 4.79 Å². The number of terminal acetylenes is 1. The van der Waals surface area contributed by atoms with Crippen molar-refractivity contribution < 1.29 is 14.3 Å². The van der Waals surface area contributed by atoms with Crippen molar-refractivity contribution in [2.75, 3.05) is 0 Å². The van der Waals surface area contributed by atoms with Crippen molar-refractivity contribution in [3.05, 3.63) is 23.2 Å². The van der Waals surface area contributed by atoms with Crippen LogP contribution in [-0.2, 0) is 6.54 Å². The van der Waals surface area contributed by atoms with E-state index in [1.54, 1.807) is 13.0 Å². The molecule has 0 saturated carbocycles. The zero-order valence-electron chi connectivity index (χ0n) is 9.41. The number of hydrogen-bond donors (Lipinski definition) is 2. The molecule has 2 N–H and O–H groups in total. The number of hydrogen-bond acceptors (Lipinski definition) is 3. The van der Waals surface area contributed by atoms with Gasteiger partial charge in [-0.15, -0.1) is 12.3 Å². The molecule has 1 unspecified atom stereocenters. The minimum Gasteiger partial charge on any atom is -0.475 e. The Labute approximate surface area is 94.7 Å². The van der Waals surface area contributed by atoms with Crippen LogP contribution >= 0.6 is 0 Å². The van der Waals surface area contributed by atoms with Gasteiger partial charge in [-0.25, -0.2) is 4.79 Å². The summed E-state index contributed by atoms with van der Waals surface area (Å²) >= 11 is 0. The molecule has 0 amide bonds. The number of carboxylic acids is 1. The van der Waals surface area contributed by atoms with E-state index in [4.69, 9.17) is 15.9 Å². The Morgan fingerprint density at radius 2 is 2.44 bits per heavy atom. The van der Waals surface area contributed by atoms with Crippen molar-refractivity contribution in [2.45, 2.75) is 32.9 Å². The molecule has 0 fully saturated rings. The van der Waals surface area contributed by atoms with E-state index in [0.29, 0.717) is 24.3 Å². The van der Waals surface area contributed by atoms with Crippen LogP contribution in [0.3, 0.4) is 0 Å². The topological polar surface area (TPSA) is 62.5 Å². The molecular weight excluding hydrogens is 206 g/mol. The second-order valence-electron chi connectivity index (χ2n) is 3.72. The fraction of sp³-hybridized carbons (Fsp3) is 0.417. The smallest absolute Gasteiger partial charge is 0.372 e. The van der Waals surface area contributed by atoms with Crippen molar-refractivity contribution in [1.82, 2.24) is 5.32 Å². The predicted octanol–water partition coefficient (Wildman–Crippen LogP) is 1.79. The van der Waals surface area contributed by atoms with Gasteiger partial charge in [0.1, 0.15) is 5.76 Å². The second kappa shape index (κ2) is 5.38. The van der Waals surface area contributed by atoms with Crippen molar-refractivity contribution in [3.8, 4) is 12.3 Å². The van der Waals surface area contributed by atoms with Crippen LogP contribution < -0.4 is 5.32 Å². The Morgan fingerprint density at radius 3 is 2.94 bits per heavy atom. The first-order chi connectivity index (χ1) is 7.54. The second-order valence-corrected chi connectivity index (χ2v) is 3.72. The number of aromatic carboxylic acids is 1. The molecule has 0 bridgehead atoms. The molecule has 1 aromatic rings. The summed E-state index contributed by atoms with van der Waals surface area (Å²) < 4.78 is 5.19. The Kier molecular flexibility index (Phi) is 4.15. The number of furan rings is 1. The lowest BCUT2D eigenvalue weighted by Crippen LogP contribution is -2.24. The van der Waals surface area contributed by atoms with Gasteiger partial charge in [-0.3, -0.25) is 0 Å². The Morgan fingerprint density at radius 1 is 1.75 bits per heavy atom. The van der Waals surface area contributed by atoms with Gasteiger partial charge in [0.05, 0.1) is 6.54 Å². The summed E-state index contributed by atoms with van der Waals surface area (Å²) in [6.45, 7) is 4.16. The normalized spacial score (nSPS) is 12.1. The molecule has 0 aliphatic rings. The van der Waals surface area contributed by atoms with Crippen LogP contribution in [0.4, 0.5) is 0 Å². The van der Waals surface area contributed by atoms with Gasteiger partial charge in [0.2, 0.25) is 5.76 Å². The maximum absolute atomic E-state index is 10.7. The summed E-state index contributed by atoms with van der Waals surface area (Å²) in [5, 5.41) is 12.0. The highest BCUT2D eigenvalue weighted by Gasteiger charge is 2.14. The monoisotopic (exact) mass is 221 g/mol. The quantitative estimate of drug-likeness (QED) is 0.744. The molecule has 86 valence electrons. The molecule has 0 aliphatic carbocycles. The fourth-order valence-electron chi connectivity index (χ4n) is 1.37. The van der Waals surface area contributed by atoms with Crippen molar-refractivity contribution in [3.63, 3.8) is 0 Å². The molecular formula is C12H15NO3. The summed E-state index contributed by atoms with van der Waals surface area (Å²) in [6.07, 6.45) is 5.81. The van der Waals surface area contributed by atoms with Crippen molar-refractivity contribution >= 4 is 5.97 Å². The highest BCUT2D eigenvalue weighted by atomic mass is 16.4. The number of aryl methyl sites for hydroxylation is 1. The molecule has 0 aromatic carbocycles. The molecule has 1 rings (SSSR count). The van der Waals surface area contributed by atoms with Crippen molar-refractivity contribution in [2.24, 2.45) is 0 Å². The Balaban J connectivity index is 2.59. The third kappa shape index (κ3) is 3.14. The first-order valence-electron chi connectivity index (χ1n) is 5.04. The lowest BCUT2D eigenvalue weighted by Gasteiger charge is -2.08. The summed E-state index contributed by atoms with van der Waals surface area (Å²) in [5.41, 5.74) is 0.633. The molecule has 0 spiro atoms. The predicted molar refractivity (Wildman–Crippen MR) is 60.2 cm³/mol. The third-order valence-corrected chi connectivity index (χ3v) is 2.21. The molecule has 0 saturated heterocycles. The van der Waals surface area contributed by atoms with Crippen LogP contribution in [0.15, 0.2) is 10.5 Å². The van der Waals surface area contributed by atoms with E-state index >= 15 is 0 Å². The molecule has 16 heavy (non-hydrogen) atoms. The van der Waals surface area contributed by atoms with Crippen LogP contribution in [0.2, 0.25) is 0 Å². The van der Waals surface area contributed by atoms with Gasteiger partial charge >= 0.3 is 5.97 Å². The number of carboxylic acid groups (broad SMARTS) is 1. The van der Waals surface area contributed by atoms with Gasteiger partial charge in [0.25, 0.3) is 0 Å². The van der Waals surface area contributed by atoms with Crippen LogP contribution in [-0.4, -0.2) is 17.1 Å². The average molecular weight is 221 g/mol. The first kappa shape index (κ1) is 12.3. The Bertz CT molecular complexity index is 414. The standard InChI is InChI=1S/C12H15NO3/c1-4-5-9(3)13-7-10-6-8(2)11(16-10)12(14)15/h1,6,9,13H,5,7H2,2-3H3,(H,14,15). The lowest BCUT2D eigenvalue weighted by atomic mass is 10.2. The van der Waals surface area contributed by atoms with E-state index < -0.39 is 5.97 Å². The van der Waals surface area contributed by atoms with E-state index in [-0.39, 0.29) is 11.8 Å². The highest BCUT2D eigenvalue weighted by Crippen LogP contribution is 2.14. The molecule has 1 atom stereocenters. The summed E-state index contributed by atoms with van der Waals surface area (Å²) in [5.74, 6) is 2.12. The fourth-order valence-corrected chi connectivity index (χ4v) is 1.37. The zero-order valence-corrected chi connectivity index (χ0v) is 9.41.